The molecule has 0 aliphatic carbocycles. The lowest BCUT2D eigenvalue weighted by Gasteiger charge is -2.10. The number of alkyl halides is 3. The van der Waals surface area contributed by atoms with Crippen LogP contribution in [0, 0.1) is 0 Å². The van der Waals surface area contributed by atoms with Gasteiger partial charge in [0, 0.05) is 17.1 Å². The average molecular weight is 439 g/mol. The van der Waals surface area contributed by atoms with Gasteiger partial charge in [-0.25, -0.2) is 4.98 Å². The van der Waals surface area contributed by atoms with E-state index in [9.17, 15) is 18.0 Å². The molecule has 11 heteroatoms. The van der Waals surface area contributed by atoms with Gasteiger partial charge in [-0.2, -0.15) is 0 Å². The number of anilines is 3. The van der Waals surface area contributed by atoms with Crippen molar-refractivity contribution >= 4 is 33.8 Å². The molecule has 3 rings (SSSR count). The van der Waals surface area contributed by atoms with E-state index in [1.165, 1.54) is 30.6 Å². The summed E-state index contributed by atoms with van der Waals surface area (Å²) in [6, 6.07) is 10.0. The number of hydrogen-bond acceptors (Lipinski definition) is 7. The maximum atomic E-state index is 12.4. The number of halogens is 3. The summed E-state index contributed by atoms with van der Waals surface area (Å²) in [6.45, 7) is 0. The first-order chi connectivity index (χ1) is 14.3. The number of ether oxygens (including phenoxy) is 3. The number of thiazole rings is 1. The molecule has 0 saturated heterocycles. The van der Waals surface area contributed by atoms with Gasteiger partial charge in [-0.3, -0.25) is 4.79 Å². The minimum absolute atomic E-state index is 0.144. The smallest absolute Gasteiger partial charge is 0.497 e. The molecule has 30 heavy (non-hydrogen) atoms. The number of rotatable bonds is 7. The molecule has 158 valence electrons. The molecule has 0 atom stereocenters. The van der Waals surface area contributed by atoms with Crippen molar-refractivity contribution in [3.63, 3.8) is 0 Å². The molecule has 1 amide bonds. The van der Waals surface area contributed by atoms with Crippen LogP contribution in [-0.2, 0) is 0 Å². The van der Waals surface area contributed by atoms with E-state index in [0.717, 1.165) is 12.1 Å². The van der Waals surface area contributed by atoms with E-state index in [-0.39, 0.29) is 11.4 Å². The van der Waals surface area contributed by atoms with Crippen LogP contribution in [0.2, 0.25) is 0 Å². The summed E-state index contributed by atoms with van der Waals surface area (Å²) >= 11 is 1.21. The fraction of sp³-hybridized carbons (Fsp3) is 0.158. The third kappa shape index (κ3) is 5.54. The molecule has 2 N–H and O–H groups in total. The summed E-state index contributed by atoms with van der Waals surface area (Å²) in [4.78, 5) is 16.6. The van der Waals surface area contributed by atoms with Gasteiger partial charge in [-0.1, -0.05) is 0 Å². The number of benzene rings is 2. The molecule has 0 saturated carbocycles. The Morgan fingerprint density at radius 2 is 1.73 bits per heavy atom. The first-order valence-electron chi connectivity index (χ1n) is 8.39. The molecule has 0 bridgehead atoms. The molecule has 0 fully saturated rings. The standard InChI is InChI=1S/C19H16F3N3O4S/c1-27-13-7-8-14(16(9-13)28-2)24-18-25-15(10-30-18)17(26)23-11-3-5-12(6-4-11)29-19(20,21)22/h3-10H,1-2H3,(H,23,26)(H,24,25). The Bertz CT molecular complexity index is 1020. The molecule has 0 aliphatic rings. The maximum absolute atomic E-state index is 12.4. The number of nitrogens with one attached hydrogen (secondary N) is 2. The fourth-order valence-corrected chi connectivity index (χ4v) is 3.09. The third-order valence-corrected chi connectivity index (χ3v) is 4.49. The highest BCUT2D eigenvalue weighted by molar-refractivity contribution is 7.14. The summed E-state index contributed by atoms with van der Waals surface area (Å²) in [5.74, 6) is 0.277. The van der Waals surface area contributed by atoms with Crippen LogP contribution in [0.25, 0.3) is 0 Å². The van der Waals surface area contributed by atoms with Crippen molar-refractivity contribution in [2.24, 2.45) is 0 Å². The van der Waals surface area contributed by atoms with E-state index in [0.29, 0.717) is 28.0 Å². The minimum atomic E-state index is -4.78. The monoisotopic (exact) mass is 439 g/mol. The van der Waals surface area contributed by atoms with Crippen LogP contribution in [-0.4, -0.2) is 31.5 Å². The van der Waals surface area contributed by atoms with Crippen LogP contribution in [0.5, 0.6) is 17.2 Å². The SMILES string of the molecule is COc1ccc(Nc2nc(C(=O)Nc3ccc(OC(F)(F)F)cc3)cs2)c(OC)c1. The van der Waals surface area contributed by atoms with Crippen LogP contribution in [0.15, 0.2) is 47.8 Å². The first kappa shape index (κ1) is 21.2. The molecule has 0 unspecified atom stereocenters. The zero-order chi connectivity index (χ0) is 21.7. The van der Waals surface area contributed by atoms with E-state index < -0.39 is 12.3 Å². The van der Waals surface area contributed by atoms with Gasteiger partial charge >= 0.3 is 6.36 Å². The summed E-state index contributed by atoms with van der Waals surface area (Å²) in [7, 11) is 3.07. The number of nitrogens with zero attached hydrogens (tertiary/aromatic N) is 1. The highest BCUT2D eigenvalue weighted by Gasteiger charge is 2.31. The largest absolute Gasteiger partial charge is 0.573 e. The Morgan fingerprint density at radius 1 is 1.03 bits per heavy atom. The number of aromatic nitrogens is 1. The lowest BCUT2D eigenvalue weighted by molar-refractivity contribution is -0.274. The van der Waals surface area contributed by atoms with Crippen molar-refractivity contribution in [3.8, 4) is 17.2 Å². The summed E-state index contributed by atoms with van der Waals surface area (Å²) < 4.78 is 50.8. The topological polar surface area (TPSA) is 81.7 Å². The van der Waals surface area contributed by atoms with Gasteiger partial charge in [-0.05, 0) is 36.4 Å². The van der Waals surface area contributed by atoms with E-state index in [4.69, 9.17) is 9.47 Å². The van der Waals surface area contributed by atoms with E-state index in [1.807, 2.05) is 0 Å². The minimum Gasteiger partial charge on any atom is -0.497 e. The Hall–Kier alpha value is -3.47. The van der Waals surface area contributed by atoms with Gasteiger partial charge in [0.2, 0.25) is 0 Å². The van der Waals surface area contributed by atoms with Crippen molar-refractivity contribution in [1.29, 1.82) is 0 Å². The molecule has 0 spiro atoms. The van der Waals surface area contributed by atoms with Gasteiger partial charge in [0.1, 0.15) is 22.9 Å². The Labute approximate surface area is 173 Å². The molecule has 0 aliphatic heterocycles. The number of carbonyl (C=O) groups is 1. The molecule has 1 aromatic heterocycles. The maximum Gasteiger partial charge on any atom is 0.573 e. The highest BCUT2D eigenvalue weighted by atomic mass is 32.1. The second-order valence-corrected chi connectivity index (χ2v) is 6.61. The number of methoxy groups -OCH3 is 2. The van der Waals surface area contributed by atoms with E-state index >= 15 is 0 Å². The molecule has 3 aromatic rings. The average Bonchev–Trinajstić information content (AvgIpc) is 3.17. The van der Waals surface area contributed by atoms with Crippen molar-refractivity contribution in [2.45, 2.75) is 6.36 Å². The second-order valence-electron chi connectivity index (χ2n) is 5.76. The van der Waals surface area contributed by atoms with Crippen LogP contribution >= 0.6 is 11.3 Å². The third-order valence-electron chi connectivity index (χ3n) is 3.73. The number of amides is 1. The van der Waals surface area contributed by atoms with Crippen LogP contribution < -0.4 is 24.8 Å². The molecule has 1 heterocycles. The van der Waals surface area contributed by atoms with Gasteiger partial charge in [0.15, 0.2) is 5.13 Å². The zero-order valence-electron chi connectivity index (χ0n) is 15.7. The Morgan fingerprint density at radius 3 is 2.37 bits per heavy atom. The van der Waals surface area contributed by atoms with E-state index in [1.54, 1.807) is 30.7 Å². The zero-order valence-corrected chi connectivity index (χ0v) is 16.6. The predicted octanol–water partition coefficient (Wildman–Crippen LogP) is 5.05. The molecule has 0 radical (unpaired) electrons. The Balaban J connectivity index is 1.65. The van der Waals surface area contributed by atoms with Crippen molar-refractivity contribution in [1.82, 2.24) is 4.98 Å². The lowest BCUT2D eigenvalue weighted by Crippen LogP contribution is -2.17. The van der Waals surface area contributed by atoms with Gasteiger partial charge in [-0.15, -0.1) is 24.5 Å². The predicted molar refractivity (Wildman–Crippen MR) is 106 cm³/mol. The quantitative estimate of drug-likeness (QED) is 0.536. The van der Waals surface area contributed by atoms with Crippen molar-refractivity contribution in [2.75, 3.05) is 24.9 Å². The summed E-state index contributed by atoms with van der Waals surface area (Å²) in [5.41, 5.74) is 1.08. The molecular formula is C19H16F3N3O4S. The molecule has 2 aromatic carbocycles. The molecular weight excluding hydrogens is 423 g/mol. The second kappa shape index (κ2) is 8.91. The van der Waals surface area contributed by atoms with Crippen LogP contribution in [0.1, 0.15) is 10.5 Å². The van der Waals surface area contributed by atoms with Gasteiger partial charge in [0.05, 0.1) is 19.9 Å². The first-order valence-corrected chi connectivity index (χ1v) is 9.27. The van der Waals surface area contributed by atoms with E-state index in [2.05, 4.69) is 20.4 Å². The van der Waals surface area contributed by atoms with Gasteiger partial charge < -0.3 is 24.8 Å². The lowest BCUT2D eigenvalue weighted by atomic mass is 10.2. The van der Waals surface area contributed by atoms with Crippen LogP contribution in [0.3, 0.4) is 0 Å². The molecule has 7 nitrogen and oxygen atoms in total. The summed E-state index contributed by atoms with van der Waals surface area (Å²) in [6.07, 6.45) is -4.78. The number of carbonyl (C=O) groups excluding carboxylic acids is 1. The fourth-order valence-electron chi connectivity index (χ4n) is 2.39. The number of hydrogen-bond donors (Lipinski definition) is 2. The highest BCUT2D eigenvalue weighted by Crippen LogP contribution is 2.32. The van der Waals surface area contributed by atoms with Gasteiger partial charge in [0.25, 0.3) is 5.91 Å². The normalized spacial score (nSPS) is 11.0. The van der Waals surface area contributed by atoms with Crippen LogP contribution in [0.4, 0.5) is 29.7 Å². The van der Waals surface area contributed by atoms with Crippen molar-refractivity contribution in [3.05, 3.63) is 53.5 Å². The van der Waals surface area contributed by atoms with Crippen molar-refractivity contribution < 1.29 is 32.2 Å². The summed E-state index contributed by atoms with van der Waals surface area (Å²) in [5, 5.41) is 7.64. The Kier molecular flexibility index (Phi) is 6.31.